The third kappa shape index (κ3) is 0.911. The van der Waals surface area contributed by atoms with Crippen LogP contribution >= 0.6 is 23.1 Å². The monoisotopic (exact) mass is 172 g/mol. The van der Waals surface area contributed by atoms with Crippen LogP contribution in [-0.2, 0) is 4.79 Å². The van der Waals surface area contributed by atoms with Crippen molar-refractivity contribution in [3.63, 3.8) is 0 Å². The highest BCUT2D eigenvalue weighted by molar-refractivity contribution is 8.00. The first kappa shape index (κ1) is 6.18. The second-order valence-electron chi connectivity index (χ2n) is 1.82. The fourth-order valence-corrected chi connectivity index (χ4v) is 2.35. The molecule has 0 saturated heterocycles. The molecule has 1 amide bonds. The minimum absolute atomic E-state index is 0.0711. The van der Waals surface area contributed by atoms with E-state index in [1.165, 1.54) is 23.1 Å². The number of rotatable bonds is 0. The standard InChI is InChI=1S/C5H4N2OS2/c8-3-1-9-4-5(7-3)10-2-6-4/h2H,1H2,(H,7,8). The maximum absolute atomic E-state index is 10.8. The molecule has 0 fully saturated rings. The van der Waals surface area contributed by atoms with Gasteiger partial charge in [0.1, 0.15) is 10.0 Å². The van der Waals surface area contributed by atoms with Gasteiger partial charge in [-0.2, -0.15) is 0 Å². The summed E-state index contributed by atoms with van der Waals surface area (Å²) in [6.07, 6.45) is 0. The first-order chi connectivity index (χ1) is 4.86. The Morgan fingerprint density at radius 2 is 2.60 bits per heavy atom. The van der Waals surface area contributed by atoms with Gasteiger partial charge < -0.3 is 5.32 Å². The van der Waals surface area contributed by atoms with E-state index in [9.17, 15) is 4.79 Å². The van der Waals surface area contributed by atoms with Crippen LogP contribution in [0.5, 0.6) is 0 Å². The quantitative estimate of drug-likeness (QED) is 0.639. The van der Waals surface area contributed by atoms with Crippen LogP contribution in [0, 0.1) is 0 Å². The zero-order valence-corrected chi connectivity index (χ0v) is 6.59. The van der Waals surface area contributed by atoms with Gasteiger partial charge in [0.2, 0.25) is 5.91 Å². The van der Waals surface area contributed by atoms with Gasteiger partial charge in [-0.1, -0.05) is 11.8 Å². The van der Waals surface area contributed by atoms with Crippen LogP contribution in [0.4, 0.5) is 5.00 Å². The zero-order chi connectivity index (χ0) is 6.97. The molecule has 0 radical (unpaired) electrons. The number of hydrogen-bond acceptors (Lipinski definition) is 4. The summed E-state index contributed by atoms with van der Waals surface area (Å²) < 4.78 is 0. The molecule has 0 aromatic carbocycles. The van der Waals surface area contributed by atoms with Crippen molar-refractivity contribution in [2.75, 3.05) is 11.1 Å². The molecule has 0 spiro atoms. The lowest BCUT2D eigenvalue weighted by molar-refractivity contribution is -0.113. The molecule has 2 heterocycles. The molecule has 0 unspecified atom stereocenters. The van der Waals surface area contributed by atoms with E-state index < -0.39 is 0 Å². The SMILES string of the molecule is O=C1CSc2ncsc2N1. The van der Waals surface area contributed by atoms with Gasteiger partial charge in [0.25, 0.3) is 0 Å². The van der Waals surface area contributed by atoms with Crippen LogP contribution < -0.4 is 5.32 Å². The predicted molar refractivity (Wildman–Crippen MR) is 41.5 cm³/mol. The molecule has 2 rings (SSSR count). The number of hydrogen-bond donors (Lipinski definition) is 1. The molecule has 10 heavy (non-hydrogen) atoms. The Bertz CT molecular complexity index is 270. The van der Waals surface area contributed by atoms with E-state index in [0.717, 1.165) is 10.0 Å². The zero-order valence-electron chi connectivity index (χ0n) is 4.96. The number of carbonyl (C=O) groups excluding carboxylic acids is 1. The molecule has 1 aromatic heterocycles. The number of fused-ring (bicyclic) bond motifs is 1. The van der Waals surface area contributed by atoms with Crippen molar-refractivity contribution in [2.24, 2.45) is 0 Å². The minimum atomic E-state index is 0.0711. The van der Waals surface area contributed by atoms with Gasteiger partial charge in [-0.25, -0.2) is 4.98 Å². The predicted octanol–water partition coefficient (Wildman–Crippen LogP) is 1.19. The largest absolute Gasteiger partial charge is 0.315 e. The van der Waals surface area contributed by atoms with Crippen LogP contribution in [0.3, 0.4) is 0 Å². The molecule has 0 saturated carbocycles. The molecule has 1 aliphatic heterocycles. The lowest BCUT2D eigenvalue weighted by Crippen LogP contribution is -2.17. The summed E-state index contributed by atoms with van der Waals surface area (Å²) in [5, 5.41) is 4.57. The number of carbonyl (C=O) groups is 1. The third-order valence-corrected chi connectivity index (χ3v) is 2.99. The average Bonchev–Trinajstić information content (AvgIpc) is 2.33. The van der Waals surface area contributed by atoms with E-state index in [0.29, 0.717) is 5.75 Å². The summed E-state index contributed by atoms with van der Waals surface area (Å²) in [7, 11) is 0. The molecule has 52 valence electrons. The topological polar surface area (TPSA) is 42.0 Å². The van der Waals surface area contributed by atoms with Crippen LogP contribution in [0.15, 0.2) is 10.5 Å². The van der Waals surface area contributed by atoms with Crippen molar-refractivity contribution in [1.29, 1.82) is 0 Å². The van der Waals surface area contributed by atoms with Crippen LogP contribution in [-0.4, -0.2) is 16.6 Å². The Morgan fingerprint density at radius 1 is 1.70 bits per heavy atom. The molecule has 0 aliphatic carbocycles. The van der Waals surface area contributed by atoms with Crippen molar-refractivity contribution in [3.05, 3.63) is 5.51 Å². The van der Waals surface area contributed by atoms with Gasteiger partial charge in [0.05, 0.1) is 11.3 Å². The average molecular weight is 172 g/mol. The highest BCUT2D eigenvalue weighted by Gasteiger charge is 2.16. The highest BCUT2D eigenvalue weighted by atomic mass is 32.2. The molecular weight excluding hydrogens is 168 g/mol. The van der Waals surface area contributed by atoms with Crippen molar-refractivity contribution < 1.29 is 4.79 Å². The molecule has 5 heteroatoms. The first-order valence-electron chi connectivity index (χ1n) is 2.72. The van der Waals surface area contributed by atoms with Gasteiger partial charge in [-0.15, -0.1) is 11.3 Å². The van der Waals surface area contributed by atoms with Gasteiger partial charge in [-0.05, 0) is 0 Å². The van der Waals surface area contributed by atoms with Crippen LogP contribution in [0.2, 0.25) is 0 Å². The van der Waals surface area contributed by atoms with Crippen molar-refractivity contribution >= 4 is 34.0 Å². The number of nitrogens with zero attached hydrogens (tertiary/aromatic N) is 1. The van der Waals surface area contributed by atoms with Crippen molar-refractivity contribution in [1.82, 2.24) is 4.98 Å². The number of nitrogens with one attached hydrogen (secondary N) is 1. The normalized spacial score (nSPS) is 16.2. The van der Waals surface area contributed by atoms with Crippen molar-refractivity contribution in [2.45, 2.75) is 5.03 Å². The summed E-state index contributed by atoms with van der Waals surface area (Å²) in [5.74, 6) is 0.568. The number of anilines is 1. The van der Waals surface area contributed by atoms with Gasteiger partial charge in [0, 0.05) is 0 Å². The van der Waals surface area contributed by atoms with E-state index >= 15 is 0 Å². The molecule has 1 aromatic rings. The van der Waals surface area contributed by atoms with Gasteiger partial charge in [0.15, 0.2) is 0 Å². The molecule has 0 bridgehead atoms. The maximum atomic E-state index is 10.8. The highest BCUT2D eigenvalue weighted by Crippen LogP contribution is 2.32. The third-order valence-electron chi connectivity index (χ3n) is 1.13. The maximum Gasteiger partial charge on any atom is 0.235 e. The minimum Gasteiger partial charge on any atom is -0.315 e. The fourth-order valence-electron chi connectivity index (χ4n) is 0.718. The summed E-state index contributed by atoms with van der Waals surface area (Å²) >= 11 is 2.96. The Hall–Kier alpha value is -0.550. The number of aromatic nitrogens is 1. The second kappa shape index (κ2) is 2.25. The molecule has 1 aliphatic rings. The number of thioether (sulfide) groups is 1. The Labute approximate surface area is 65.8 Å². The lowest BCUT2D eigenvalue weighted by atomic mass is 10.6. The van der Waals surface area contributed by atoms with E-state index in [1.54, 1.807) is 5.51 Å². The molecular formula is C5H4N2OS2. The van der Waals surface area contributed by atoms with E-state index in [1.807, 2.05) is 0 Å². The number of amides is 1. The Balaban J connectivity index is 2.39. The molecule has 0 atom stereocenters. The van der Waals surface area contributed by atoms with Gasteiger partial charge in [-0.3, -0.25) is 4.79 Å². The van der Waals surface area contributed by atoms with E-state index in [-0.39, 0.29) is 5.91 Å². The summed E-state index contributed by atoms with van der Waals surface area (Å²) in [5.41, 5.74) is 1.74. The number of thiazole rings is 1. The second-order valence-corrected chi connectivity index (χ2v) is 3.64. The van der Waals surface area contributed by atoms with Crippen LogP contribution in [0.25, 0.3) is 0 Å². The summed E-state index contributed by atoms with van der Waals surface area (Å²) in [6, 6.07) is 0. The Kier molecular flexibility index (Phi) is 1.39. The molecule has 3 nitrogen and oxygen atoms in total. The Morgan fingerprint density at radius 3 is 3.50 bits per heavy atom. The summed E-state index contributed by atoms with van der Waals surface area (Å²) in [6.45, 7) is 0. The fraction of sp³-hybridized carbons (Fsp3) is 0.200. The van der Waals surface area contributed by atoms with Gasteiger partial charge >= 0.3 is 0 Å². The smallest absolute Gasteiger partial charge is 0.235 e. The summed E-state index contributed by atoms with van der Waals surface area (Å²) in [4.78, 5) is 14.8. The van der Waals surface area contributed by atoms with Crippen molar-refractivity contribution in [3.8, 4) is 0 Å². The van der Waals surface area contributed by atoms with E-state index in [2.05, 4.69) is 10.3 Å². The van der Waals surface area contributed by atoms with E-state index in [4.69, 9.17) is 0 Å². The molecule has 1 N–H and O–H groups in total. The lowest BCUT2D eigenvalue weighted by Gasteiger charge is -2.08. The first-order valence-corrected chi connectivity index (χ1v) is 4.59. The van der Waals surface area contributed by atoms with Crippen LogP contribution in [0.1, 0.15) is 0 Å².